The highest BCUT2D eigenvalue weighted by Crippen LogP contribution is 2.50. The van der Waals surface area contributed by atoms with E-state index in [0.29, 0.717) is 5.92 Å². The minimum atomic E-state index is 0.257. The first-order valence-corrected chi connectivity index (χ1v) is 30.4. The van der Waals surface area contributed by atoms with Gasteiger partial charge in [-0.1, -0.05) is 237 Å². The molecule has 3 aliphatic rings. The Morgan fingerprint density at radius 2 is 0.693 bits per heavy atom. The first-order valence-electron chi connectivity index (χ1n) is 30.4. The molecule has 0 saturated carbocycles. The molecule has 4 heteroatoms. The van der Waals surface area contributed by atoms with Gasteiger partial charge in [0, 0.05) is 68.2 Å². The predicted octanol–water partition coefficient (Wildman–Crippen LogP) is 23.4. The topological polar surface area (TPSA) is 24.9 Å². The van der Waals surface area contributed by atoms with Crippen LogP contribution in [0.1, 0.15) is 35.8 Å². The van der Waals surface area contributed by atoms with E-state index in [1.807, 2.05) is 24.3 Å². The zero-order chi connectivity index (χ0) is 58.6. The van der Waals surface area contributed by atoms with Crippen molar-refractivity contribution in [3.05, 3.63) is 357 Å². The third-order valence-corrected chi connectivity index (χ3v) is 17.2. The van der Waals surface area contributed by atoms with Crippen LogP contribution in [-0.4, -0.2) is 0 Å². The summed E-state index contributed by atoms with van der Waals surface area (Å²) in [6, 6.07) is 106. The fraction of sp³-hybridized carbons (Fsp3) is 0.0476. The summed E-state index contributed by atoms with van der Waals surface area (Å²) in [6.07, 6.45) is 17.8. The number of para-hydroxylation sites is 2. The lowest BCUT2D eigenvalue weighted by atomic mass is 9.91. The van der Waals surface area contributed by atoms with Crippen LogP contribution in [0.5, 0.6) is 23.0 Å². The summed E-state index contributed by atoms with van der Waals surface area (Å²) in [5.41, 5.74) is 21.8. The molecule has 0 radical (unpaired) electrons. The summed E-state index contributed by atoms with van der Waals surface area (Å²) in [5.74, 6) is 3.54. The van der Waals surface area contributed by atoms with E-state index < -0.39 is 0 Å². The Kier molecular flexibility index (Phi) is 14.6. The van der Waals surface area contributed by atoms with Gasteiger partial charge in [-0.25, -0.2) is 0 Å². The van der Waals surface area contributed by atoms with Crippen molar-refractivity contribution >= 4 is 28.4 Å². The summed E-state index contributed by atoms with van der Waals surface area (Å²) in [4.78, 5) is 4.77. The Bertz CT molecular complexity index is 4620. The van der Waals surface area contributed by atoms with Crippen LogP contribution in [0.4, 0.5) is 28.4 Å². The molecule has 1 aliphatic heterocycles. The van der Waals surface area contributed by atoms with Gasteiger partial charge in [-0.3, -0.25) is 0 Å². The summed E-state index contributed by atoms with van der Waals surface area (Å²) >= 11 is 0. The van der Waals surface area contributed by atoms with Crippen molar-refractivity contribution in [1.29, 1.82) is 0 Å². The lowest BCUT2D eigenvalue weighted by molar-refractivity contribution is 0.472. The first kappa shape index (κ1) is 53.5. The molecule has 4 nitrogen and oxygen atoms in total. The monoisotopic (exact) mass is 1130 g/mol. The lowest BCUT2D eigenvalue weighted by Gasteiger charge is -2.30. The Balaban J connectivity index is 0.795. The molecule has 88 heavy (non-hydrogen) atoms. The van der Waals surface area contributed by atoms with E-state index in [4.69, 9.17) is 9.47 Å². The van der Waals surface area contributed by atoms with Crippen LogP contribution in [-0.2, 0) is 0 Å². The predicted molar refractivity (Wildman–Crippen MR) is 366 cm³/mol. The smallest absolute Gasteiger partial charge is 0.136 e. The molecule has 0 bridgehead atoms. The van der Waals surface area contributed by atoms with Crippen molar-refractivity contribution in [3.63, 3.8) is 0 Å². The van der Waals surface area contributed by atoms with Crippen LogP contribution >= 0.6 is 0 Å². The number of ether oxygens (including phenoxy) is 2. The fourth-order valence-electron chi connectivity index (χ4n) is 12.7. The zero-order valence-electron chi connectivity index (χ0n) is 48.6. The average molecular weight is 1130 g/mol. The van der Waals surface area contributed by atoms with E-state index >= 15 is 0 Å². The molecule has 0 amide bonds. The third kappa shape index (κ3) is 11.0. The first-order chi connectivity index (χ1) is 43.6. The quantitative estimate of drug-likeness (QED) is 0.122. The van der Waals surface area contributed by atoms with Crippen LogP contribution in [0.2, 0.25) is 0 Å². The van der Waals surface area contributed by atoms with Gasteiger partial charge in [0.15, 0.2) is 0 Å². The highest BCUT2D eigenvalue weighted by molar-refractivity contribution is 5.88. The molecule has 0 fully saturated rings. The van der Waals surface area contributed by atoms with Gasteiger partial charge in [0.25, 0.3) is 0 Å². The number of anilines is 5. The number of allylic oxidation sites excluding steroid dienone is 7. The highest BCUT2D eigenvalue weighted by atomic mass is 16.5. The molecule has 2 atom stereocenters. The number of hydrogen-bond donors (Lipinski definition) is 0. The van der Waals surface area contributed by atoms with Crippen molar-refractivity contribution in [3.8, 4) is 89.8 Å². The van der Waals surface area contributed by atoms with Crippen molar-refractivity contribution in [2.24, 2.45) is 0 Å². The van der Waals surface area contributed by atoms with Gasteiger partial charge in [0.2, 0.25) is 0 Å². The number of nitrogens with zero attached hydrogens (tertiary/aromatic N) is 2. The van der Waals surface area contributed by atoms with Crippen molar-refractivity contribution in [2.45, 2.75) is 24.7 Å². The molecule has 12 aromatic rings. The Morgan fingerprint density at radius 3 is 1.25 bits per heavy atom. The second-order valence-electron chi connectivity index (χ2n) is 22.7. The van der Waals surface area contributed by atoms with E-state index in [1.165, 1.54) is 33.4 Å². The van der Waals surface area contributed by atoms with Crippen LogP contribution in [0, 0.1) is 0 Å². The van der Waals surface area contributed by atoms with Gasteiger partial charge in [0.1, 0.15) is 23.0 Å². The molecule has 420 valence electrons. The second-order valence-corrected chi connectivity index (χ2v) is 22.7. The number of rotatable bonds is 12. The molecule has 2 aliphatic carbocycles. The number of benzene rings is 12. The van der Waals surface area contributed by atoms with E-state index in [0.717, 1.165) is 114 Å². The van der Waals surface area contributed by atoms with Crippen molar-refractivity contribution in [1.82, 2.24) is 0 Å². The standard InChI is InChI=1S/C84H62N2O2/c1-5-21-59(22-6-1)65-29-17-33-73(53-65)85(74-34-18-30-66(54-74)60-23-7-2-8-24-60)71-47-41-63(42-48-71)69-45-51-79-80-52-46-70(58-84(80)88-82-40-16-14-38-78(82)77-37-13-15-39-81(77)87-83(79)57-69)64-43-49-72(50-44-64)86(75-35-19-31-67(55-75)61-25-9-3-10-26-61)76-36-20-32-68(56-76)62-27-11-4-12-28-62/h1-27,29,31-58,62,66H,28,30H2. The van der Waals surface area contributed by atoms with Gasteiger partial charge in [0.05, 0.1) is 0 Å². The van der Waals surface area contributed by atoms with Crippen LogP contribution in [0.25, 0.3) is 66.8 Å². The molecular weight excluding hydrogens is 1070 g/mol. The minimum absolute atomic E-state index is 0.257. The molecular formula is C84H62N2O2. The SMILES string of the molecule is C1=CCC(c2cccc(N(c3ccc(-c4ccc5c(c4)Oc4ccccc4-c4ccccc4Oc4cc(-c6ccc(N(C7=CC(c8ccccc8)CC=C7)c7cccc(-c8ccccc8)c7)cc6)ccc4-5)cc3)c3cccc(-c4ccccc4)c3)c2)C=C1. The third-order valence-electron chi connectivity index (χ3n) is 17.2. The van der Waals surface area contributed by atoms with E-state index in [9.17, 15) is 0 Å². The molecule has 0 N–H and O–H groups in total. The van der Waals surface area contributed by atoms with Gasteiger partial charge in [-0.05, 0) is 172 Å². The molecule has 15 rings (SSSR count). The van der Waals surface area contributed by atoms with E-state index in [1.54, 1.807) is 0 Å². The Labute approximate surface area is 515 Å². The molecule has 2 unspecified atom stereocenters. The summed E-state index contributed by atoms with van der Waals surface area (Å²) in [5, 5.41) is 0. The Hall–Kier alpha value is -11.2. The van der Waals surface area contributed by atoms with Gasteiger partial charge in [-0.2, -0.15) is 0 Å². The largest absolute Gasteiger partial charge is 0.456 e. The van der Waals surface area contributed by atoms with Crippen LogP contribution in [0.15, 0.2) is 345 Å². The summed E-state index contributed by atoms with van der Waals surface area (Å²) < 4.78 is 14.4. The fourth-order valence-corrected chi connectivity index (χ4v) is 12.7. The van der Waals surface area contributed by atoms with Gasteiger partial charge in [-0.15, -0.1) is 0 Å². The maximum atomic E-state index is 7.19. The number of fused-ring (bicyclic) bond motifs is 6. The molecule has 0 aromatic heterocycles. The zero-order valence-corrected chi connectivity index (χ0v) is 48.6. The summed E-state index contributed by atoms with van der Waals surface area (Å²) in [6.45, 7) is 0. The number of hydrogen-bond acceptors (Lipinski definition) is 4. The lowest BCUT2D eigenvalue weighted by Crippen LogP contribution is -2.17. The normalized spacial score (nSPS) is 14.6. The van der Waals surface area contributed by atoms with E-state index in [-0.39, 0.29) is 5.92 Å². The Morgan fingerprint density at radius 1 is 0.273 bits per heavy atom. The van der Waals surface area contributed by atoms with Crippen LogP contribution in [0.3, 0.4) is 0 Å². The second kappa shape index (κ2) is 24.0. The molecule has 0 spiro atoms. The average Bonchev–Trinajstić information content (AvgIpc) is 2.02. The van der Waals surface area contributed by atoms with Crippen LogP contribution < -0.4 is 19.3 Å². The molecule has 0 saturated heterocycles. The van der Waals surface area contributed by atoms with Crippen molar-refractivity contribution < 1.29 is 9.47 Å². The van der Waals surface area contributed by atoms with E-state index in [2.05, 4.69) is 325 Å². The maximum absolute atomic E-state index is 7.19. The molecule has 12 aromatic carbocycles. The van der Waals surface area contributed by atoms with Gasteiger partial charge >= 0.3 is 0 Å². The van der Waals surface area contributed by atoms with Crippen molar-refractivity contribution in [2.75, 3.05) is 9.80 Å². The highest BCUT2D eigenvalue weighted by Gasteiger charge is 2.24. The van der Waals surface area contributed by atoms with Gasteiger partial charge < -0.3 is 19.3 Å². The minimum Gasteiger partial charge on any atom is -0.456 e. The molecule has 1 heterocycles. The summed E-state index contributed by atoms with van der Waals surface area (Å²) in [7, 11) is 0. The maximum Gasteiger partial charge on any atom is 0.136 e.